The van der Waals surface area contributed by atoms with Gasteiger partial charge in [-0.2, -0.15) is 4.39 Å². The molecule has 1 aliphatic heterocycles. The van der Waals surface area contributed by atoms with Gasteiger partial charge in [-0.15, -0.1) is 0 Å². The number of dihydropyridines is 1. The third kappa shape index (κ3) is 2.60. The van der Waals surface area contributed by atoms with Crippen molar-refractivity contribution in [1.29, 1.82) is 0 Å². The maximum atomic E-state index is 13.9. The maximum absolute atomic E-state index is 13.9. The first-order valence-electron chi connectivity index (χ1n) is 4.83. The second kappa shape index (κ2) is 4.25. The van der Waals surface area contributed by atoms with Crippen molar-refractivity contribution in [1.82, 2.24) is 5.32 Å². The summed E-state index contributed by atoms with van der Waals surface area (Å²) in [6.45, 7) is 0. The molecule has 2 rings (SSSR count). The van der Waals surface area contributed by atoms with E-state index < -0.39 is 10.9 Å². The minimum Gasteiger partial charge on any atom is -0.438 e. The molecule has 1 N–H and O–H groups in total. The number of hydrogen-bond donors (Lipinski definition) is 1. The van der Waals surface area contributed by atoms with Crippen molar-refractivity contribution in [2.75, 3.05) is 0 Å². The van der Waals surface area contributed by atoms with Crippen LogP contribution in [-0.4, -0.2) is 10.9 Å². The van der Waals surface area contributed by atoms with E-state index in [0.717, 1.165) is 0 Å². The highest BCUT2D eigenvalue weighted by molar-refractivity contribution is 5.36. The van der Waals surface area contributed by atoms with E-state index in [1.807, 2.05) is 0 Å². The van der Waals surface area contributed by atoms with E-state index in [1.165, 1.54) is 42.6 Å². The lowest BCUT2D eigenvalue weighted by molar-refractivity contribution is -0.384. The first-order chi connectivity index (χ1) is 8.09. The van der Waals surface area contributed by atoms with Crippen LogP contribution in [0.15, 0.2) is 48.7 Å². The number of benzene rings is 1. The standard InChI is InChI=1S/C11H9FN2O3/c12-11(7-1-2-8-13-11)17-10-5-3-9(4-6-10)14(15)16/h1-8,13H. The van der Waals surface area contributed by atoms with Gasteiger partial charge in [-0.1, -0.05) is 6.08 Å². The van der Waals surface area contributed by atoms with Gasteiger partial charge in [0, 0.05) is 24.4 Å². The topological polar surface area (TPSA) is 64.4 Å². The molecule has 1 atom stereocenters. The first kappa shape index (κ1) is 11.1. The molecule has 0 fully saturated rings. The van der Waals surface area contributed by atoms with Crippen molar-refractivity contribution in [3.05, 3.63) is 58.8 Å². The molecule has 17 heavy (non-hydrogen) atoms. The van der Waals surface area contributed by atoms with Gasteiger partial charge in [0.2, 0.25) is 0 Å². The molecule has 5 nitrogen and oxygen atoms in total. The van der Waals surface area contributed by atoms with E-state index >= 15 is 0 Å². The van der Waals surface area contributed by atoms with Gasteiger partial charge in [0.05, 0.1) is 4.92 Å². The van der Waals surface area contributed by atoms with Crippen LogP contribution in [0, 0.1) is 10.1 Å². The molecule has 0 aliphatic carbocycles. The van der Waals surface area contributed by atoms with Gasteiger partial charge in [0.25, 0.3) is 5.69 Å². The number of ether oxygens (including phenoxy) is 1. The number of nitro groups is 1. The number of halogens is 1. The van der Waals surface area contributed by atoms with Gasteiger partial charge in [-0.05, 0) is 18.2 Å². The third-order valence-corrected chi connectivity index (χ3v) is 2.11. The Labute approximate surface area is 96.4 Å². The number of nitrogens with zero attached hydrogens (tertiary/aromatic N) is 1. The Morgan fingerprint density at radius 1 is 1.29 bits per heavy atom. The average Bonchev–Trinajstić information content (AvgIpc) is 2.30. The molecule has 1 heterocycles. The fraction of sp³-hybridized carbons (Fsp3) is 0.0909. The number of nitro benzene ring substituents is 1. The molecule has 0 saturated heterocycles. The van der Waals surface area contributed by atoms with Gasteiger partial charge >= 0.3 is 5.98 Å². The number of nitrogens with one attached hydrogen (secondary N) is 1. The van der Waals surface area contributed by atoms with Gasteiger partial charge in [-0.25, -0.2) is 0 Å². The lowest BCUT2D eigenvalue weighted by Gasteiger charge is -2.24. The molecule has 0 amide bonds. The average molecular weight is 236 g/mol. The first-order valence-corrected chi connectivity index (χ1v) is 4.83. The van der Waals surface area contributed by atoms with Gasteiger partial charge in [0.15, 0.2) is 0 Å². The Morgan fingerprint density at radius 2 is 2.00 bits per heavy atom. The van der Waals surface area contributed by atoms with Crippen LogP contribution >= 0.6 is 0 Å². The number of rotatable bonds is 3. The lowest BCUT2D eigenvalue weighted by Crippen LogP contribution is -2.42. The van der Waals surface area contributed by atoms with E-state index in [0.29, 0.717) is 0 Å². The Bertz CT molecular complexity index is 484. The van der Waals surface area contributed by atoms with Gasteiger partial charge in [-0.3, -0.25) is 10.1 Å². The highest BCUT2D eigenvalue weighted by Crippen LogP contribution is 2.23. The van der Waals surface area contributed by atoms with Crippen molar-refractivity contribution in [3.63, 3.8) is 0 Å². The third-order valence-electron chi connectivity index (χ3n) is 2.11. The highest BCUT2D eigenvalue weighted by Gasteiger charge is 2.28. The van der Waals surface area contributed by atoms with Crippen LogP contribution in [0.25, 0.3) is 0 Å². The van der Waals surface area contributed by atoms with Crippen LogP contribution < -0.4 is 10.1 Å². The zero-order chi connectivity index (χ0) is 12.3. The van der Waals surface area contributed by atoms with Crippen LogP contribution in [0.5, 0.6) is 5.75 Å². The molecule has 0 bridgehead atoms. The van der Waals surface area contributed by atoms with E-state index in [-0.39, 0.29) is 11.4 Å². The van der Waals surface area contributed by atoms with Crippen molar-refractivity contribution in [3.8, 4) is 5.75 Å². The lowest BCUT2D eigenvalue weighted by atomic mass is 10.3. The summed E-state index contributed by atoms with van der Waals surface area (Å²) in [7, 11) is 0. The summed E-state index contributed by atoms with van der Waals surface area (Å²) in [5.74, 6) is -1.92. The fourth-order valence-electron chi connectivity index (χ4n) is 1.32. The quantitative estimate of drug-likeness (QED) is 0.496. The smallest absolute Gasteiger partial charge is 0.350 e. The molecule has 88 valence electrons. The molecule has 0 radical (unpaired) electrons. The summed E-state index contributed by atoms with van der Waals surface area (Å²) in [5, 5.41) is 12.8. The summed E-state index contributed by atoms with van der Waals surface area (Å²) in [6.07, 6.45) is 5.73. The predicted molar refractivity (Wildman–Crippen MR) is 59.0 cm³/mol. The number of alkyl halides is 1. The Morgan fingerprint density at radius 3 is 2.53 bits per heavy atom. The largest absolute Gasteiger partial charge is 0.438 e. The molecule has 0 saturated carbocycles. The summed E-state index contributed by atoms with van der Waals surface area (Å²) in [6, 6.07) is 5.18. The Kier molecular flexibility index (Phi) is 2.78. The SMILES string of the molecule is O=[N+]([O-])c1ccc(OC2(F)C=CC=CN2)cc1. The van der Waals surface area contributed by atoms with E-state index in [9.17, 15) is 14.5 Å². The zero-order valence-corrected chi connectivity index (χ0v) is 8.67. The number of allylic oxidation sites excluding steroid dienone is 2. The summed E-state index contributed by atoms with van der Waals surface area (Å²) < 4.78 is 19.0. The minimum absolute atomic E-state index is 0.0719. The van der Waals surface area contributed by atoms with Crippen LogP contribution in [0.3, 0.4) is 0 Å². The summed E-state index contributed by atoms with van der Waals surface area (Å²) in [4.78, 5) is 9.89. The van der Waals surface area contributed by atoms with Crippen molar-refractivity contribution in [2.45, 2.75) is 5.98 Å². The molecular weight excluding hydrogens is 227 g/mol. The molecule has 1 aromatic rings. The van der Waals surface area contributed by atoms with Crippen LogP contribution in [0.2, 0.25) is 0 Å². The Balaban J connectivity index is 2.11. The van der Waals surface area contributed by atoms with Gasteiger partial charge in [0.1, 0.15) is 5.75 Å². The fourth-order valence-corrected chi connectivity index (χ4v) is 1.32. The number of hydrogen-bond acceptors (Lipinski definition) is 4. The van der Waals surface area contributed by atoms with Crippen LogP contribution in [0.1, 0.15) is 0 Å². The molecule has 1 unspecified atom stereocenters. The summed E-state index contributed by atoms with van der Waals surface area (Å²) in [5.41, 5.74) is -0.0719. The molecule has 1 aliphatic rings. The highest BCUT2D eigenvalue weighted by atomic mass is 19.2. The van der Waals surface area contributed by atoms with Crippen LogP contribution in [-0.2, 0) is 0 Å². The van der Waals surface area contributed by atoms with Gasteiger partial charge < -0.3 is 10.1 Å². The van der Waals surface area contributed by atoms with Crippen LogP contribution in [0.4, 0.5) is 10.1 Å². The van der Waals surface area contributed by atoms with E-state index in [1.54, 1.807) is 6.08 Å². The van der Waals surface area contributed by atoms with Crippen molar-refractivity contribution >= 4 is 5.69 Å². The second-order valence-electron chi connectivity index (χ2n) is 3.36. The zero-order valence-electron chi connectivity index (χ0n) is 8.67. The molecular formula is C11H9FN2O3. The summed E-state index contributed by atoms with van der Waals surface area (Å²) >= 11 is 0. The Hall–Kier alpha value is -2.37. The van der Waals surface area contributed by atoms with Crippen molar-refractivity contribution in [2.24, 2.45) is 0 Å². The molecule has 1 aromatic carbocycles. The molecule has 0 aromatic heterocycles. The second-order valence-corrected chi connectivity index (χ2v) is 3.36. The van der Waals surface area contributed by atoms with E-state index in [2.05, 4.69) is 5.32 Å². The number of non-ortho nitro benzene ring substituents is 1. The molecule has 6 heteroatoms. The van der Waals surface area contributed by atoms with Crippen molar-refractivity contribution < 1.29 is 14.1 Å². The predicted octanol–water partition coefficient (Wildman–Crippen LogP) is 2.27. The normalized spacial score (nSPS) is 21.9. The monoisotopic (exact) mass is 236 g/mol. The minimum atomic E-state index is -2.12. The van der Waals surface area contributed by atoms with E-state index in [4.69, 9.17) is 4.74 Å². The maximum Gasteiger partial charge on any atom is 0.350 e. The molecule has 0 spiro atoms.